The van der Waals surface area contributed by atoms with Crippen LogP contribution in [0.2, 0.25) is 0 Å². The van der Waals surface area contributed by atoms with Gasteiger partial charge in [0.05, 0.1) is 0 Å². The molecular weight excluding hydrogens is 263 g/mol. The Labute approximate surface area is 126 Å². The van der Waals surface area contributed by atoms with Gasteiger partial charge >= 0.3 is 7.32 Å². The fourth-order valence-electron chi connectivity index (χ4n) is 2.33. The molecule has 0 unspecified atom stereocenters. The molecule has 21 heavy (non-hydrogen) atoms. The summed E-state index contributed by atoms with van der Waals surface area (Å²) in [5.41, 5.74) is 3.61. The molecule has 4 heteroatoms. The zero-order valence-corrected chi connectivity index (χ0v) is 12.3. The van der Waals surface area contributed by atoms with E-state index in [2.05, 4.69) is 31.2 Å². The van der Waals surface area contributed by atoms with E-state index in [0.29, 0.717) is 5.75 Å². The van der Waals surface area contributed by atoms with Crippen molar-refractivity contribution in [2.24, 2.45) is 0 Å². The van der Waals surface area contributed by atoms with Gasteiger partial charge in [-0.15, -0.1) is 0 Å². The van der Waals surface area contributed by atoms with Crippen LogP contribution in [0.4, 0.5) is 0 Å². The summed E-state index contributed by atoms with van der Waals surface area (Å²) >= 11 is 0. The lowest BCUT2D eigenvalue weighted by Gasteiger charge is -2.08. The Hall–Kier alpha value is -1.78. The maximum atomic E-state index is 8.76. The van der Waals surface area contributed by atoms with E-state index >= 15 is 0 Å². The molecular formula is C17H21BO3. The molecule has 2 aromatic carbocycles. The number of unbranched alkanes of at least 4 members (excludes halogenated alkanes) is 2. The number of hydrogen-bond acceptors (Lipinski definition) is 3. The third-order valence-electron chi connectivity index (χ3n) is 3.43. The van der Waals surface area contributed by atoms with Gasteiger partial charge in [0.15, 0.2) is 0 Å². The first-order valence-electron chi connectivity index (χ1n) is 7.41. The van der Waals surface area contributed by atoms with E-state index in [0.717, 1.165) is 12.0 Å². The summed E-state index contributed by atoms with van der Waals surface area (Å²) < 4.78 is 4.81. The summed E-state index contributed by atoms with van der Waals surface area (Å²) in [6.07, 6.45) is 4.83. The van der Waals surface area contributed by atoms with Crippen molar-refractivity contribution in [3.63, 3.8) is 0 Å². The summed E-state index contributed by atoms with van der Waals surface area (Å²) in [6.45, 7) is 2.21. The fraction of sp³-hybridized carbons (Fsp3) is 0.294. The first-order valence-corrected chi connectivity index (χ1v) is 7.41. The summed E-state index contributed by atoms with van der Waals surface area (Å²) in [4.78, 5) is 0. The summed E-state index contributed by atoms with van der Waals surface area (Å²) in [7, 11) is -1.78. The van der Waals surface area contributed by atoms with Crippen LogP contribution in [0.3, 0.4) is 0 Å². The van der Waals surface area contributed by atoms with Crippen LogP contribution in [0.25, 0.3) is 11.1 Å². The van der Waals surface area contributed by atoms with Gasteiger partial charge in [0, 0.05) is 0 Å². The highest BCUT2D eigenvalue weighted by Crippen LogP contribution is 2.24. The van der Waals surface area contributed by atoms with Crippen LogP contribution >= 0.6 is 0 Å². The lowest BCUT2D eigenvalue weighted by molar-refractivity contribution is 0.288. The van der Waals surface area contributed by atoms with Crippen molar-refractivity contribution in [1.29, 1.82) is 0 Å². The molecule has 2 N–H and O–H groups in total. The number of hydrogen-bond donors (Lipinski definition) is 2. The topological polar surface area (TPSA) is 49.7 Å². The highest BCUT2D eigenvalue weighted by atomic mass is 16.6. The van der Waals surface area contributed by atoms with Crippen molar-refractivity contribution in [3.8, 4) is 16.9 Å². The van der Waals surface area contributed by atoms with E-state index < -0.39 is 7.32 Å². The molecule has 0 aliphatic rings. The van der Waals surface area contributed by atoms with Gasteiger partial charge < -0.3 is 14.7 Å². The Kier molecular flexibility index (Phi) is 5.84. The van der Waals surface area contributed by atoms with Gasteiger partial charge in [0.1, 0.15) is 5.75 Å². The molecule has 0 aliphatic heterocycles. The van der Waals surface area contributed by atoms with E-state index in [-0.39, 0.29) is 0 Å². The Morgan fingerprint density at radius 1 is 0.952 bits per heavy atom. The van der Waals surface area contributed by atoms with Gasteiger partial charge in [-0.3, -0.25) is 0 Å². The van der Waals surface area contributed by atoms with Crippen LogP contribution in [0.1, 0.15) is 31.7 Å². The molecule has 2 aromatic rings. The Bertz CT molecular complexity index is 552. The molecule has 0 bridgehead atoms. The Balaban J connectivity index is 2.08. The van der Waals surface area contributed by atoms with Crippen LogP contribution in [0.5, 0.6) is 5.75 Å². The Morgan fingerprint density at radius 3 is 2.38 bits per heavy atom. The standard InChI is InChI=1S/C17H21BO3/c1-2-3-4-6-14-7-5-8-16(13-14)15-9-11-17(12-10-15)21-18(19)20/h5,7-13,19-20H,2-4,6H2,1H3. The molecule has 2 rings (SSSR count). The first-order chi connectivity index (χ1) is 10.2. The average molecular weight is 284 g/mol. The maximum absolute atomic E-state index is 8.76. The third-order valence-corrected chi connectivity index (χ3v) is 3.43. The molecule has 0 saturated heterocycles. The second kappa shape index (κ2) is 7.86. The van der Waals surface area contributed by atoms with Crippen molar-refractivity contribution in [3.05, 3.63) is 54.1 Å². The van der Waals surface area contributed by atoms with Crippen molar-refractivity contribution in [2.75, 3.05) is 0 Å². The molecule has 0 heterocycles. The largest absolute Gasteiger partial charge is 0.707 e. The van der Waals surface area contributed by atoms with Crippen LogP contribution in [0.15, 0.2) is 48.5 Å². The fourth-order valence-corrected chi connectivity index (χ4v) is 2.33. The summed E-state index contributed by atoms with van der Waals surface area (Å²) in [5, 5.41) is 17.5. The van der Waals surface area contributed by atoms with E-state index in [9.17, 15) is 0 Å². The zero-order chi connectivity index (χ0) is 15.1. The maximum Gasteiger partial charge on any atom is 0.707 e. The lowest BCUT2D eigenvalue weighted by atomic mass is 10.00. The van der Waals surface area contributed by atoms with Gasteiger partial charge in [-0.25, -0.2) is 0 Å². The molecule has 0 fully saturated rings. The average Bonchev–Trinajstić information content (AvgIpc) is 2.48. The molecule has 110 valence electrons. The molecule has 0 spiro atoms. The predicted octanol–water partition coefficient (Wildman–Crippen LogP) is 3.43. The Morgan fingerprint density at radius 2 is 1.71 bits per heavy atom. The van der Waals surface area contributed by atoms with Crippen LogP contribution < -0.4 is 4.65 Å². The smallest absolute Gasteiger partial charge is 0.512 e. The van der Waals surface area contributed by atoms with Crippen molar-refractivity contribution < 1.29 is 14.7 Å². The first kappa shape index (κ1) is 15.6. The minimum atomic E-state index is -1.78. The molecule has 0 aromatic heterocycles. The normalized spacial score (nSPS) is 10.4. The van der Waals surface area contributed by atoms with Crippen molar-refractivity contribution in [2.45, 2.75) is 32.6 Å². The monoisotopic (exact) mass is 284 g/mol. The second-order valence-electron chi connectivity index (χ2n) is 5.13. The van der Waals surface area contributed by atoms with Gasteiger partial charge in [-0.2, -0.15) is 0 Å². The van der Waals surface area contributed by atoms with Crippen molar-refractivity contribution in [1.82, 2.24) is 0 Å². The van der Waals surface area contributed by atoms with E-state index in [1.807, 2.05) is 12.1 Å². The number of aryl methyl sites for hydroxylation is 1. The summed E-state index contributed by atoms with van der Waals surface area (Å²) in [5.74, 6) is 0.438. The van der Waals surface area contributed by atoms with E-state index in [1.165, 1.54) is 30.4 Å². The molecule has 0 radical (unpaired) electrons. The highest BCUT2D eigenvalue weighted by molar-refractivity contribution is 6.33. The number of benzene rings is 2. The minimum Gasteiger partial charge on any atom is -0.512 e. The SMILES string of the molecule is CCCCCc1cccc(-c2ccc(OB(O)O)cc2)c1. The minimum absolute atomic E-state index is 0.438. The lowest BCUT2D eigenvalue weighted by Crippen LogP contribution is -2.20. The highest BCUT2D eigenvalue weighted by Gasteiger charge is 2.10. The van der Waals surface area contributed by atoms with E-state index in [1.54, 1.807) is 12.1 Å². The summed E-state index contributed by atoms with van der Waals surface area (Å²) in [6, 6.07) is 15.9. The van der Waals surface area contributed by atoms with Gasteiger partial charge in [0.25, 0.3) is 0 Å². The number of rotatable bonds is 7. The van der Waals surface area contributed by atoms with E-state index in [4.69, 9.17) is 14.7 Å². The molecule has 0 amide bonds. The third kappa shape index (κ3) is 4.92. The quantitative estimate of drug-likeness (QED) is 0.605. The molecule has 0 atom stereocenters. The molecule has 3 nitrogen and oxygen atoms in total. The predicted molar refractivity (Wildman–Crippen MR) is 85.9 cm³/mol. The molecule has 0 aliphatic carbocycles. The van der Waals surface area contributed by atoms with Crippen LogP contribution in [-0.4, -0.2) is 17.4 Å². The van der Waals surface area contributed by atoms with Crippen molar-refractivity contribution >= 4 is 7.32 Å². The van der Waals surface area contributed by atoms with Crippen LogP contribution in [-0.2, 0) is 6.42 Å². The van der Waals surface area contributed by atoms with Gasteiger partial charge in [-0.05, 0) is 41.7 Å². The zero-order valence-electron chi connectivity index (χ0n) is 12.3. The van der Waals surface area contributed by atoms with Crippen LogP contribution in [0, 0.1) is 0 Å². The van der Waals surface area contributed by atoms with Gasteiger partial charge in [0.2, 0.25) is 0 Å². The second-order valence-corrected chi connectivity index (χ2v) is 5.13. The molecule has 0 saturated carbocycles. The van der Waals surface area contributed by atoms with Gasteiger partial charge in [-0.1, -0.05) is 56.2 Å².